The SMILES string of the molecule is C=CC(=O)OC(O)C1(C)C2CC3CC(C2)CC1C3. The molecule has 0 aromatic heterocycles. The summed E-state index contributed by atoms with van der Waals surface area (Å²) in [6.45, 7) is 5.50. The third kappa shape index (κ3) is 1.63. The minimum Gasteiger partial charge on any atom is -0.432 e. The summed E-state index contributed by atoms with van der Waals surface area (Å²) in [7, 11) is 0. The van der Waals surface area contributed by atoms with E-state index < -0.39 is 12.3 Å². The Bertz CT molecular complexity index is 346. The molecule has 4 rings (SSSR count). The Hall–Kier alpha value is -0.830. The fourth-order valence-corrected chi connectivity index (χ4v) is 4.89. The molecular formula is C15H22O3. The zero-order chi connectivity index (χ0) is 12.9. The average molecular weight is 250 g/mol. The molecule has 1 N–H and O–H groups in total. The molecule has 0 saturated heterocycles. The van der Waals surface area contributed by atoms with Crippen LogP contribution in [0.15, 0.2) is 12.7 Å². The number of rotatable bonds is 3. The molecule has 0 radical (unpaired) electrons. The van der Waals surface area contributed by atoms with Crippen LogP contribution in [0.1, 0.15) is 39.0 Å². The molecule has 4 aliphatic rings. The first-order valence-electron chi connectivity index (χ1n) is 7.05. The summed E-state index contributed by atoms with van der Waals surface area (Å²) in [6, 6.07) is 0. The van der Waals surface area contributed by atoms with Gasteiger partial charge in [-0.2, -0.15) is 0 Å². The molecule has 0 aliphatic heterocycles. The highest BCUT2D eigenvalue weighted by Gasteiger charge is 2.58. The summed E-state index contributed by atoms with van der Waals surface area (Å²) in [5, 5.41) is 10.4. The molecule has 0 aromatic rings. The van der Waals surface area contributed by atoms with E-state index in [4.69, 9.17) is 4.74 Å². The predicted molar refractivity (Wildman–Crippen MR) is 67.4 cm³/mol. The quantitative estimate of drug-likeness (QED) is 0.475. The number of hydrogen-bond acceptors (Lipinski definition) is 3. The van der Waals surface area contributed by atoms with E-state index in [1.165, 1.54) is 32.1 Å². The van der Waals surface area contributed by atoms with Gasteiger partial charge in [-0.25, -0.2) is 4.79 Å². The molecule has 0 aromatic carbocycles. The Balaban J connectivity index is 1.81. The van der Waals surface area contributed by atoms with Gasteiger partial charge in [-0.3, -0.25) is 0 Å². The van der Waals surface area contributed by atoms with Crippen LogP contribution in [-0.4, -0.2) is 17.4 Å². The molecule has 1 unspecified atom stereocenters. The molecule has 0 spiro atoms. The van der Waals surface area contributed by atoms with Gasteiger partial charge in [0.2, 0.25) is 6.29 Å². The van der Waals surface area contributed by atoms with Crippen LogP contribution >= 0.6 is 0 Å². The van der Waals surface area contributed by atoms with Crippen molar-refractivity contribution in [1.29, 1.82) is 0 Å². The van der Waals surface area contributed by atoms with Crippen molar-refractivity contribution in [3.8, 4) is 0 Å². The predicted octanol–water partition coefficient (Wildman–Crippen LogP) is 2.50. The van der Waals surface area contributed by atoms with Crippen molar-refractivity contribution in [3.63, 3.8) is 0 Å². The topological polar surface area (TPSA) is 46.5 Å². The molecule has 3 nitrogen and oxygen atoms in total. The average Bonchev–Trinajstić information content (AvgIpc) is 2.34. The maximum absolute atomic E-state index is 11.3. The number of esters is 1. The minimum atomic E-state index is -0.974. The van der Waals surface area contributed by atoms with E-state index in [9.17, 15) is 9.90 Å². The third-order valence-electron chi connectivity index (χ3n) is 5.82. The first-order chi connectivity index (χ1) is 8.54. The maximum Gasteiger partial charge on any atom is 0.332 e. The third-order valence-corrected chi connectivity index (χ3v) is 5.82. The molecule has 4 fully saturated rings. The van der Waals surface area contributed by atoms with E-state index in [-0.39, 0.29) is 5.41 Å². The highest BCUT2D eigenvalue weighted by atomic mass is 16.6. The Morgan fingerprint density at radius 1 is 1.28 bits per heavy atom. The van der Waals surface area contributed by atoms with Crippen molar-refractivity contribution < 1.29 is 14.6 Å². The lowest BCUT2D eigenvalue weighted by Crippen LogP contribution is -2.57. The van der Waals surface area contributed by atoms with Crippen molar-refractivity contribution in [2.75, 3.05) is 0 Å². The van der Waals surface area contributed by atoms with Gasteiger partial charge in [0.15, 0.2) is 0 Å². The number of aliphatic hydroxyl groups excluding tert-OH is 1. The van der Waals surface area contributed by atoms with Crippen molar-refractivity contribution in [1.82, 2.24) is 0 Å². The van der Waals surface area contributed by atoms with Crippen molar-refractivity contribution >= 4 is 5.97 Å². The Kier molecular flexibility index (Phi) is 2.77. The maximum atomic E-state index is 11.3. The summed E-state index contributed by atoms with van der Waals surface area (Å²) in [6.07, 6.45) is 6.34. The van der Waals surface area contributed by atoms with Gasteiger partial charge in [0.1, 0.15) is 0 Å². The number of carbonyl (C=O) groups excluding carboxylic acids is 1. The van der Waals surface area contributed by atoms with Crippen molar-refractivity contribution in [2.45, 2.75) is 45.3 Å². The molecule has 3 heteroatoms. The fraction of sp³-hybridized carbons (Fsp3) is 0.800. The van der Waals surface area contributed by atoms with Gasteiger partial charge >= 0.3 is 5.97 Å². The molecule has 4 aliphatic carbocycles. The van der Waals surface area contributed by atoms with E-state index in [0.717, 1.165) is 17.9 Å². The highest BCUT2D eigenvalue weighted by molar-refractivity contribution is 5.81. The number of ether oxygens (including phenoxy) is 1. The van der Waals surface area contributed by atoms with Gasteiger partial charge in [-0.15, -0.1) is 0 Å². The van der Waals surface area contributed by atoms with E-state index in [1.54, 1.807) is 0 Å². The molecule has 0 heterocycles. The summed E-state index contributed by atoms with van der Waals surface area (Å²) in [5.41, 5.74) is -0.244. The van der Waals surface area contributed by atoms with Gasteiger partial charge in [0.25, 0.3) is 0 Å². The second-order valence-electron chi connectivity index (χ2n) is 6.66. The first kappa shape index (κ1) is 12.2. The molecule has 1 atom stereocenters. The van der Waals surface area contributed by atoms with Crippen LogP contribution < -0.4 is 0 Å². The zero-order valence-corrected chi connectivity index (χ0v) is 11.0. The smallest absolute Gasteiger partial charge is 0.332 e. The van der Waals surface area contributed by atoms with E-state index in [2.05, 4.69) is 13.5 Å². The highest BCUT2D eigenvalue weighted by Crippen LogP contribution is 2.63. The van der Waals surface area contributed by atoms with Crippen molar-refractivity contribution in [2.24, 2.45) is 29.1 Å². The van der Waals surface area contributed by atoms with E-state index >= 15 is 0 Å². The molecular weight excluding hydrogens is 228 g/mol. The lowest BCUT2D eigenvalue weighted by Gasteiger charge is -2.60. The van der Waals surface area contributed by atoms with Crippen LogP contribution in [0.5, 0.6) is 0 Å². The van der Waals surface area contributed by atoms with Gasteiger partial charge in [0, 0.05) is 11.5 Å². The minimum absolute atomic E-state index is 0.244. The molecule has 4 bridgehead atoms. The Labute approximate surface area is 108 Å². The molecule has 18 heavy (non-hydrogen) atoms. The summed E-state index contributed by atoms with van der Waals surface area (Å²) in [5.74, 6) is 2.21. The number of carbonyl (C=O) groups is 1. The van der Waals surface area contributed by atoms with Crippen molar-refractivity contribution in [3.05, 3.63) is 12.7 Å². The first-order valence-corrected chi connectivity index (χ1v) is 7.05. The van der Waals surface area contributed by atoms with E-state index in [1.807, 2.05) is 0 Å². The fourth-order valence-electron chi connectivity index (χ4n) is 4.89. The van der Waals surface area contributed by atoms with Gasteiger partial charge in [-0.05, 0) is 55.8 Å². The second-order valence-corrected chi connectivity index (χ2v) is 6.66. The van der Waals surface area contributed by atoms with Crippen LogP contribution in [0, 0.1) is 29.1 Å². The van der Waals surface area contributed by atoms with Crippen LogP contribution in [0.25, 0.3) is 0 Å². The zero-order valence-electron chi connectivity index (χ0n) is 11.0. The van der Waals surface area contributed by atoms with Gasteiger partial charge in [-0.1, -0.05) is 13.5 Å². The van der Waals surface area contributed by atoms with Crippen LogP contribution in [-0.2, 0) is 9.53 Å². The van der Waals surface area contributed by atoms with Crippen LogP contribution in [0.3, 0.4) is 0 Å². The largest absolute Gasteiger partial charge is 0.432 e. The molecule has 0 amide bonds. The summed E-state index contributed by atoms with van der Waals surface area (Å²) >= 11 is 0. The van der Waals surface area contributed by atoms with Gasteiger partial charge in [0.05, 0.1) is 0 Å². The second kappa shape index (κ2) is 4.09. The number of hydrogen-bond donors (Lipinski definition) is 1. The lowest BCUT2D eigenvalue weighted by molar-refractivity contribution is -0.240. The van der Waals surface area contributed by atoms with Crippen LogP contribution in [0.4, 0.5) is 0 Å². The standard InChI is InChI=1S/C15H22O3/c1-3-13(16)18-14(17)15(2)11-5-9-4-10(7-11)8-12(15)6-9/h3,9-12,14,17H,1,4-8H2,2H3. The summed E-state index contributed by atoms with van der Waals surface area (Å²) < 4.78 is 5.13. The van der Waals surface area contributed by atoms with Gasteiger partial charge < -0.3 is 9.84 Å². The molecule has 100 valence electrons. The number of aliphatic hydroxyl groups is 1. The van der Waals surface area contributed by atoms with Crippen LogP contribution in [0.2, 0.25) is 0 Å². The Morgan fingerprint density at radius 3 is 2.22 bits per heavy atom. The van der Waals surface area contributed by atoms with E-state index in [0.29, 0.717) is 11.8 Å². The monoisotopic (exact) mass is 250 g/mol. The Morgan fingerprint density at radius 2 is 1.78 bits per heavy atom. The lowest BCUT2D eigenvalue weighted by atomic mass is 9.45. The molecule has 4 saturated carbocycles. The normalized spacial score (nSPS) is 46.8. The summed E-state index contributed by atoms with van der Waals surface area (Å²) in [4.78, 5) is 11.3.